The Bertz CT molecular complexity index is 883. The summed E-state index contributed by atoms with van der Waals surface area (Å²) in [4.78, 5) is 16.8. The Balaban J connectivity index is 1.56. The maximum Gasteiger partial charge on any atom is 0.246 e. The lowest BCUT2D eigenvalue weighted by Crippen LogP contribution is -2.47. The second-order valence-corrected chi connectivity index (χ2v) is 8.03. The molecule has 6 heteroatoms. The van der Waals surface area contributed by atoms with Gasteiger partial charge in [0.2, 0.25) is 5.91 Å². The lowest BCUT2D eigenvalue weighted by Gasteiger charge is -2.35. The number of para-hydroxylation sites is 1. The Morgan fingerprint density at radius 3 is 2.59 bits per heavy atom. The third-order valence-corrected chi connectivity index (χ3v) is 5.48. The third-order valence-electron chi connectivity index (χ3n) is 5.48. The lowest BCUT2D eigenvalue weighted by atomic mass is 10.0. The van der Waals surface area contributed by atoms with Crippen molar-refractivity contribution in [2.75, 3.05) is 47.0 Å². The van der Waals surface area contributed by atoms with Gasteiger partial charge >= 0.3 is 0 Å². The van der Waals surface area contributed by atoms with Crippen LogP contribution in [-0.2, 0) is 4.79 Å². The van der Waals surface area contributed by atoms with Crippen molar-refractivity contribution in [3.63, 3.8) is 0 Å². The van der Waals surface area contributed by atoms with Gasteiger partial charge in [-0.05, 0) is 69.8 Å². The molecule has 1 amide bonds. The maximum absolute atomic E-state index is 12.7. The van der Waals surface area contributed by atoms with Crippen molar-refractivity contribution in [3.8, 4) is 17.2 Å². The van der Waals surface area contributed by atoms with E-state index in [-0.39, 0.29) is 5.91 Å². The summed E-state index contributed by atoms with van der Waals surface area (Å²) in [5.74, 6) is 2.19. The van der Waals surface area contributed by atoms with Crippen molar-refractivity contribution < 1.29 is 19.0 Å². The second kappa shape index (κ2) is 12.2. The predicted molar refractivity (Wildman–Crippen MR) is 127 cm³/mol. The fraction of sp³-hybridized carbons (Fsp3) is 0.423. The molecular formula is C26H34N2O4. The summed E-state index contributed by atoms with van der Waals surface area (Å²) in [6, 6.07) is 15.8. The van der Waals surface area contributed by atoms with Gasteiger partial charge in [0.05, 0.1) is 6.61 Å². The summed E-state index contributed by atoms with van der Waals surface area (Å²) in [6.45, 7) is 4.91. The molecule has 0 aliphatic carbocycles. The molecule has 3 rings (SSSR count). The number of nitrogens with zero attached hydrogens (tertiary/aromatic N) is 2. The van der Waals surface area contributed by atoms with Crippen molar-refractivity contribution in [1.29, 1.82) is 0 Å². The molecule has 0 radical (unpaired) electrons. The molecule has 2 aromatic carbocycles. The van der Waals surface area contributed by atoms with E-state index in [2.05, 4.69) is 19.0 Å². The minimum atomic E-state index is 0.0490. The minimum absolute atomic E-state index is 0.0490. The molecule has 1 fully saturated rings. The molecule has 1 heterocycles. The summed E-state index contributed by atoms with van der Waals surface area (Å²) in [5, 5.41) is 0. The van der Waals surface area contributed by atoms with Crippen LogP contribution in [0.2, 0.25) is 0 Å². The number of piperidine rings is 1. The first kappa shape index (κ1) is 23.7. The smallest absolute Gasteiger partial charge is 0.246 e. The van der Waals surface area contributed by atoms with Crippen LogP contribution in [0.3, 0.4) is 0 Å². The predicted octanol–water partition coefficient (Wildman–Crippen LogP) is 4.11. The van der Waals surface area contributed by atoms with Gasteiger partial charge in [-0.15, -0.1) is 0 Å². The number of hydrogen-bond acceptors (Lipinski definition) is 5. The molecule has 1 aliphatic heterocycles. The average molecular weight is 439 g/mol. The molecular weight excluding hydrogens is 404 g/mol. The highest BCUT2D eigenvalue weighted by Crippen LogP contribution is 2.29. The normalized spacial score (nSPS) is 16.4. The number of likely N-dealkylation sites (N-methyl/N-ethyl adjacent to an activating group) is 1. The van der Waals surface area contributed by atoms with E-state index in [4.69, 9.17) is 14.2 Å². The summed E-state index contributed by atoms with van der Waals surface area (Å²) < 4.78 is 17.3. The SMILES string of the molecule is CCOc1cc(/C=C/C(=O)N2CCCC(N(C)C)C2)ccc1OCCOc1ccccc1. The fourth-order valence-electron chi connectivity index (χ4n) is 3.69. The highest BCUT2D eigenvalue weighted by atomic mass is 16.5. The van der Waals surface area contributed by atoms with Crippen molar-refractivity contribution in [2.45, 2.75) is 25.8 Å². The Morgan fingerprint density at radius 2 is 1.84 bits per heavy atom. The van der Waals surface area contributed by atoms with Crippen LogP contribution in [0.5, 0.6) is 17.2 Å². The van der Waals surface area contributed by atoms with E-state index in [0.29, 0.717) is 37.4 Å². The van der Waals surface area contributed by atoms with E-state index in [1.807, 2.05) is 66.4 Å². The van der Waals surface area contributed by atoms with E-state index < -0.39 is 0 Å². The number of benzene rings is 2. The van der Waals surface area contributed by atoms with Crippen molar-refractivity contribution in [1.82, 2.24) is 9.80 Å². The van der Waals surface area contributed by atoms with Gasteiger partial charge in [0.15, 0.2) is 11.5 Å². The Kier molecular flexibility index (Phi) is 8.99. The first-order valence-corrected chi connectivity index (χ1v) is 11.3. The molecule has 1 atom stereocenters. The van der Waals surface area contributed by atoms with Crippen LogP contribution in [0.25, 0.3) is 6.08 Å². The molecule has 172 valence electrons. The van der Waals surface area contributed by atoms with Crippen molar-refractivity contribution >= 4 is 12.0 Å². The molecule has 1 aliphatic rings. The van der Waals surface area contributed by atoms with Crippen LogP contribution in [-0.4, -0.2) is 68.8 Å². The number of carbonyl (C=O) groups excluding carboxylic acids is 1. The molecule has 0 bridgehead atoms. The largest absolute Gasteiger partial charge is 0.490 e. The van der Waals surface area contributed by atoms with E-state index in [1.54, 1.807) is 6.08 Å². The number of carbonyl (C=O) groups is 1. The molecule has 1 saturated heterocycles. The second-order valence-electron chi connectivity index (χ2n) is 8.03. The highest BCUT2D eigenvalue weighted by Gasteiger charge is 2.23. The van der Waals surface area contributed by atoms with Gasteiger partial charge in [-0.2, -0.15) is 0 Å². The van der Waals surface area contributed by atoms with Gasteiger partial charge in [-0.25, -0.2) is 0 Å². The first-order chi connectivity index (χ1) is 15.6. The molecule has 0 N–H and O–H groups in total. The maximum atomic E-state index is 12.7. The molecule has 1 unspecified atom stereocenters. The number of amides is 1. The zero-order valence-corrected chi connectivity index (χ0v) is 19.3. The molecule has 0 spiro atoms. The van der Waals surface area contributed by atoms with E-state index >= 15 is 0 Å². The van der Waals surface area contributed by atoms with Crippen LogP contribution in [0.1, 0.15) is 25.3 Å². The number of hydrogen-bond donors (Lipinski definition) is 0. The molecule has 0 saturated carbocycles. The number of likely N-dealkylation sites (tertiary alicyclic amines) is 1. The van der Waals surface area contributed by atoms with E-state index in [9.17, 15) is 4.79 Å². The number of rotatable bonds is 10. The quantitative estimate of drug-likeness (QED) is 0.413. The van der Waals surface area contributed by atoms with Crippen molar-refractivity contribution in [3.05, 3.63) is 60.2 Å². The topological polar surface area (TPSA) is 51.2 Å². The lowest BCUT2D eigenvalue weighted by molar-refractivity contribution is -0.127. The van der Waals surface area contributed by atoms with Gasteiger partial charge in [-0.3, -0.25) is 4.79 Å². The van der Waals surface area contributed by atoms with Gasteiger partial charge in [0, 0.05) is 25.2 Å². The van der Waals surface area contributed by atoms with Crippen LogP contribution < -0.4 is 14.2 Å². The van der Waals surface area contributed by atoms with Gasteiger partial charge in [0.25, 0.3) is 0 Å². The van der Waals surface area contributed by atoms with Crippen LogP contribution in [0.4, 0.5) is 0 Å². The molecule has 32 heavy (non-hydrogen) atoms. The van der Waals surface area contributed by atoms with Gasteiger partial charge in [0.1, 0.15) is 19.0 Å². The standard InChI is InChI=1S/C26H34N2O4/c1-4-30-25-19-21(13-15-26(29)28-16-8-9-22(20-28)27(2)3)12-14-24(25)32-18-17-31-23-10-6-5-7-11-23/h5-7,10-15,19,22H,4,8-9,16-18,20H2,1-3H3/b15-13+. The Labute approximate surface area is 191 Å². The molecule has 2 aromatic rings. The molecule has 0 aromatic heterocycles. The zero-order valence-electron chi connectivity index (χ0n) is 19.3. The highest BCUT2D eigenvalue weighted by molar-refractivity contribution is 5.92. The van der Waals surface area contributed by atoms with Crippen LogP contribution >= 0.6 is 0 Å². The Hall–Kier alpha value is -2.99. The molecule has 6 nitrogen and oxygen atoms in total. The summed E-state index contributed by atoms with van der Waals surface area (Å²) in [5.41, 5.74) is 0.899. The summed E-state index contributed by atoms with van der Waals surface area (Å²) >= 11 is 0. The van der Waals surface area contributed by atoms with Gasteiger partial charge in [-0.1, -0.05) is 24.3 Å². The van der Waals surface area contributed by atoms with E-state index in [0.717, 1.165) is 37.2 Å². The van der Waals surface area contributed by atoms with Crippen molar-refractivity contribution in [2.24, 2.45) is 0 Å². The van der Waals surface area contributed by atoms with E-state index in [1.165, 1.54) is 0 Å². The zero-order chi connectivity index (χ0) is 22.8. The first-order valence-electron chi connectivity index (χ1n) is 11.3. The summed E-state index contributed by atoms with van der Waals surface area (Å²) in [6.07, 6.45) is 5.66. The van der Waals surface area contributed by atoms with Gasteiger partial charge < -0.3 is 24.0 Å². The van der Waals surface area contributed by atoms with Crippen LogP contribution in [0, 0.1) is 0 Å². The Morgan fingerprint density at radius 1 is 1.06 bits per heavy atom. The number of ether oxygens (including phenoxy) is 3. The fourth-order valence-corrected chi connectivity index (χ4v) is 3.69. The average Bonchev–Trinajstić information content (AvgIpc) is 2.82. The van der Waals surface area contributed by atoms with Crippen LogP contribution in [0.15, 0.2) is 54.6 Å². The third kappa shape index (κ3) is 7.02. The monoisotopic (exact) mass is 438 g/mol. The minimum Gasteiger partial charge on any atom is -0.490 e. The summed E-state index contributed by atoms with van der Waals surface area (Å²) in [7, 11) is 4.14.